The molecule has 3 heteroatoms. The van der Waals surface area contributed by atoms with E-state index in [0.29, 0.717) is 13.2 Å². The molecule has 0 aromatic heterocycles. The molecular weight excluding hydrogens is 210 g/mol. The first-order chi connectivity index (χ1) is 7.84. The third-order valence-corrected chi connectivity index (χ3v) is 2.22. The Labute approximate surface area is 113 Å². The molecule has 0 aliphatic rings. The van der Waals surface area contributed by atoms with E-state index >= 15 is 0 Å². The summed E-state index contributed by atoms with van der Waals surface area (Å²) in [6.07, 6.45) is 0. The number of hydrogen-bond donors (Lipinski definition) is 0. The number of ether oxygens (including phenoxy) is 1. The molecule has 17 heavy (non-hydrogen) atoms. The third-order valence-electron chi connectivity index (χ3n) is 2.22. The zero-order valence-electron chi connectivity index (χ0n) is 9.82. The largest absolute Gasteiger partial charge is 1.00 e. The average Bonchev–Trinajstić information content (AvgIpc) is 2.33. The summed E-state index contributed by atoms with van der Waals surface area (Å²) in [4.78, 5) is 0. The van der Waals surface area contributed by atoms with Gasteiger partial charge in [0, 0.05) is 6.61 Å². The van der Waals surface area contributed by atoms with Gasteiger partial charge in [0.1, 0.15) is 5.82 Å². The smallest absolute Gasteiger partial charge is 0.384 e. The summed E-state index contributed by atoms with van der Waals surface area (Å²) in [5, 5.41) is 0. The van der Waals surface area contributed by atoms with Crippen molar-refractivity contribution in [2.75, 3.05) is 0 Å². The van der Waals surface area contributed by atoms with E-state index in [2.05, 4.69) is 6.07 Å². The maximum atomic E-state index is 12.6. The standard InChI is InChI=1S/C14H12FO.Li/c15-14-8-6-13(7-9-14)11-16-10-12-4-2-1-3-5-12;/h1-2,4-9H,10-11H2;/q-1;+1. The molecule has 0 saturated carbocycles. The van der Waals surface area contributed by atoms with Crippen LogP contribution in [0.3, 0.4) is 0 Å². The van der Waals surface area contributed by atoms with E-state index in [1.54, 1.807) is 12.1 Å². The molecule has 0 amide bonds. The summed E-state index contributed by atoms with van der Waals surface area (Å²) in [7, 11) is 0. The van der Waals surface area contributed by atoms with Gasteiger partial charge in [-0.1, -0.05) is 12.1 Å². The first kappa shape index (κ1) is 14.0. The first-order valence-corrected chi connectivity index (χ1v) is 5.12. The molecule has 0 saturated heterocycles. The fourth-order valence-electron chi connectivity index (χ4n) is 1.39. The van der Waals surface area contributed by atoms with Crippen LogP contribution in [0.2, 0.25) is 0 Å². The maximum absolute atomic E-state index is 12.6. The number of benzene rings is 2. The molecule has 0 aliphatic heterocycles. The molecule has 0 spiro atoms. The fraction of sp³-hybridized carbons (Fsp3) is 0.143. The normalized spacial score (nSPS) is 9.71. The zero-order chi connectivity index (χ0) is 11.2. The van der Waals surface area contributed by atoms with Gasteiger partial charge in [0.05, 0.1) is 6.61 Å². The van der Waals surface area contributed by atoms with Crippen molar-refractivity contribution in [2.45, 2.75) is 13.2 Å². The fourth-order valence-corrected chi connectivity index (χ4v) is 1.39. The quantitative estimate of drug-likeness (QED) is 0.535. The predicted molar refractivity (Wildman–Crippen MR) is 60.2 cm³/mol. The van der Waals surface area contributed by atoms with E-state index in [1.807, 2.05) is 24.3 Å². The molecule has 0 heterocycles. The van der Waals surface area contributed by atoms with Crippen molar-refractivity contribution >= 4 is 0 Å². The van der Waals surface area contributed by atoms with Crippen molar-refractivity contribution in [2.24, 2.45) is 0 Å². The zero-order valence-corrected chi connectivity index (χ0v) is 9.82. The van der Waals surface area contributed by atoms with Crippen LogP contribution in [0.4, 0.5) is 4.39 Å². The van der Waals surface area contributed by atoms with Crippen LogP contribution in [-0.4, -0.2) is 0 Å². The van der Waals surface area contributed by atoms with E-state index in [1.165, 1.54) is 12.1 Å². The monoisotopic (exact) mass is 222 g/mol. The van der Waals surface area contributed by atoms with Gasteiger partial charge in [-0.2, -0.15) is 30.3 Å². The SMILES string of the molecule is Fc1ccc(COCc2c[c-]ccc2)cc1.[Li+]. The Morgan fingerprint density at radius 2 is 1.71 bits per heavy atom. The van der Waals surface area contributed by atoms with Crippen LogP contribution in [0.15, 0.2) is 48.5 Å². The topological polar surface area (TPSA) is 9.23 Å². The molecule has 0 N–H and O–H groups in total. The van der Waals surface area contributed by atoms with Crippen molar-refractivity contribution in [1.29, 1.82) is 0 Å². The molecule has 0 radical (unpaired) electrons. The Bertz CT molecular complexity index is 428. The van der Waals surface area contributed by atoms with Crippen LogP contribution < -0.4 is 18.9 Å². The summed E-state index contributed by atoms with van der Waals surface area (Å²) in [6, 6.07) is 17.0. The Kier molecular flexibility index (Phi) is 6.00. The number of hydrogen-bond acceptors (Lipinski definition) is 1. The predicted octanol–water partition coefficient (Wildman–Crippen LogP) is 0.347. The van der Waals surface area contributed by atoms with Crippen molar-refractivity contribution in [3.8, 4) is 0 Å². The average molecular weight is 222 g/mol. The van der Waals surface area contributed by atoms with Gasteiger partial charge in [0.15, 0.2) is 0 Å². The number of halogens is 1. The molecule has 2 aromatic carbocycles. The second kappa shape index (κ2) is 7.29. The van der Waals surface area contributed by atoms with Crippen molar-refractivity contribution in [1.82, 2.24) is 0 Å². The third kappa shape index (κ3) is 4.75. The second-order valence-electron chi connectivity index (χ2n) is 3.53. The van der Waals surface area contributed by atoms with E-state index in [4.69, 9.17) is 4.74 Å². The molecule has 2 rings (SSSR count). The molecule has 2 aromatic rings. The van der Waals surface area contributed by atoms with Gasteiger partial charge in [-0.15, -0.1) is 5.56 Å². The minimum Gasteiger partial charge on any atom is -0.384 e. The van der Waals surface area contributed by atoms with Crippen LogP contribution >= 0.6 is 0 Å². The molecule has 0 unspecified atom stereocenters. The van der Waals surface area contributed by atoms with Gasteiger partial charge in [0.2, 0.25) is 0 Å². The minimum atomic E-state index is -0.221. The van der Waals surface area contributed by atoms with E-state index < -0.39 is 0 Å². The van der Waals surface area contributed by atoms with Crippen LogP contribution in [-0.2, 0) is 18.0 Å². The molecule has 0 bridgehead atoms. The van der Waals surface area contributed by atoms with Crippen LogP contribution in [0, 0.1) is 11.9 Å². The van der Waals surface area contributed by atoms with Crippen LogP contribution in [0.25, 0.3) is 0 Å². The maximum Gasteiger partial charge on any atom is 1.00 e. The van der Waals surface area contributed by atoms with E-state index in [0.717, 1.165) is 11.1 Å². The Morgan fingerprint density at radius 1 is 1.00 bits per heavy atom. The summed E-state index contributed by atoms with van der Waals surface area (Å²) in [5.41, 5.74) is 2.06. The minimum absolute atomic E-state index is 0. The van der Waals surface area contributed by atoms with Gasteiger partial charge < -0.3 is 4.74 Å². The Balaban J connectivity index is 0.00000144. The van der Waals surface area contributed by atoms with Gasteiger partial charge in [-0.25, -0.2) is 4.39 Å². The van der Waals surface area contributed by atoms with Crippen molar-refractivity contribution in [3.05, 3.63) is 71.5 Å². The summed E-state index contributed by atoms with van der Waals surface area (Å²) >= 11 is 0. The van der Waals surface area contributed by atoms with Crippen LogP contribution in [0.1, 0.15) is 11.1 Å². The van der Waals surface area contributed by atoms with Crippen LogP contribution in [0.5, 0.6) is 0 Å². The van der Waals surface area contributed by atoms with Crippen molar-refractivity contribution < 1.29 is 28.0 Å². The number of rotatable bonds is 4. The molecule has 1 nitrogen and oxygen atoms in total. The molecule has 82 valence electrons. The summed E-state index contributed by atoms with van der Waals surface area (Å²) in [6.45, 7) is 1.05. The Morgan fingerprint density at radius 3 is 2.35 bits per heavy atom. The van der Waals surface area contributed by atoms with Crippen molar-refractivity contribution in [3.63, 3.8) is 0 Å². The van der Waals surface area contributed by atoms with Gasteiger partial charge in [-0.05, 0) is 17.7 Å². The summed E-state index contributed by atoms with van der Waals surface area (Å²) in [5.74, 6) is -0.221. The Hall–Kier alpha value is -1.07. The second-order valence-corrected chi connectivity index (χ2v) is 3.53. The molecule has 0 aliphatic carbocycles. The van der Waals surface area contributed by atoms with E-state index in [-0.39, 0.29) is 24.7 Å². The first-order valence-electron chi connectivity index (χ1n) is 5.12. The molecule has 0 fully saturated rings. The molecular formula is C14H12FLiO. The van der Waals surface area contributed by atoms with Gasteiger partial charge >= 0.3 is 18.9 Å². The van der Waals surface area contributed by atoms with Gasteiger partial charge in [-0.3, -0.25) is 0 Å². The summed E-state index contributed by atoms with van der Waals surface area (Å²) < 4.78 is 18.1. The van der Waals surface area contributed by atoms with E-state index in [9.17, 15) is 4.39 Å². The van der Waals surface area contributed by atoms with Gasteiger partial charge in [0.25, 0.3) is 0 Å². The molecule has 0 atom stereocenters.